The monoisotopic (exact) mass is 155 g/mol. The van der Waals surface area contributed by atoms with Crippen molar-refractivity contribution in [2.45, 2.75) is 34.6 Å². The lowest BCUT2D eigenvalue weighted by atomic mass is 10.2. The van der Waals surface area contributed by atoms with E-state index in [0.29, 0.717) is 0 Å². The van der Waals surface area contributed by atoms with Crippen LogP contribution in [0.1, 0.15) is 34.6 Å². The molecule has 0 aliphatic heterocycles. The number of allylic oxidation sites excluding steroid dienone is 4. The minimum absolute atomic E-state index is 1.20. The fraction of sp³-hybridized carbons (Fsp3) is 0.600. The molecule has 0 bridgehead atoms. The summed E-state index contributed by atoms with van der Waals surface area (Å²) in [6.45, 7) is 10.2. The molecule has 11 heavy (non-hydrogen) atoms. The van der Waals surface area contributed by atoms with Crippen LogP contribution in [-0.4, -0.2) is 7.05 Å². The maximum atomic E-state index is 3.05. The summed E-state index contributed by atoms with van der Waals surface area (Å²) in [6, 6.07) is 0. The first kappa shape index (κ1) is 12.9. The first-order chi connectivity index (χ1) is 5.20. The predicted octanol–water partition coefficient (Wildman–Crippen LogP) is 3.10. The third-order valence-corrected chi connectivity index (χ3v) is 1.29. The smallest absolute Gasteiger partial charge is 0.00749 e. The number of rotatable bonds is 2. The lowest BCUT2D eigenvalue weighted by Gasteiger charge is -1.97. The van der Waals surface area contributed by atoms with Crippen LogP contribution in [0.15, 0.2) is 23.4 Å². The molecule has 0 fully saturated rings. The Bertz CT molecular complexity index is 132. The van der Waals surface area contributed by atoms with Crippen molar-refractivity contribution in [3.63, 3.8) is 0 Å². The Labute approximate surface area is 71.2 Å². The summed E-state index contributed by atoms with van der Waals surface area (Å²) < 4.78 is 0. The van der Waals surface area contributed by atoms with E-state index in [1.807, 2.05) is 34.7 Å². The van der Waals surface area contributed by atoms with Gasteiger partial charge in [0.2, 0.25) is 0 Å². The van der Waals surface area contributed by atoms with Crippen molar-refractivity contribution in [2.24, 2.45) is 0 Å². The molecule has 0 saturated carbocycles. The summed E-state index contributed by atoms with van der Waals surface area (Å²) in [5.41, 5.74) is 2.49. The van der Waals surface area contributed by atoms with Crippen molar-refractivity contribution in [1.29, 1.82) is 0 Å². The molecular formula is C10H21N. The number of nitrogens with one attached hydrogen (secondary N) is 1. The summed E-state index contributed by atoms with van der Waals surface area (Å²) in [4.78, 5) is 0. The second-order valence-corrected chi connectivity index (χ2v) is 2.11. The Morgan fingerprint density at radius 3 is 1.91 bits per heavy atom. The van der Waals surface area contributed by atoms with Crippen molar-refractivity contribution >= 4 is 0 Å². The molecule has 0 spiro atoms. The van der Waals surface area contributed by atoms with Gasteiger partial charge < -0.3 is 5.32 Å². The zero-order chi connectivity index (χ0) is 9.28. The molecule has 0 atom stereocenters. The maximum Gasteiger partial charge on any atom is 0.00749 e. The maximum absolute atomic E-state index is 3.05. The van der Waals surface area contributed by atoms with Gasteiger partial charge in [0.15, 0.2) is 0 Å². The predicted molar refractivity (Wildman–Crippen MR) is 53.6 cm³/mol. The highest BCUT2D eigenvalue weighted by molar-refractivity contribution is 5.18. The third-order valence-electron chi connectivity index (χ3n) is 1.29. The average molecular weight is 155 g/mol. The lowest BCUT2D eigenvalue weighted by Crippen LogP contribution is -2.00. The minimum Gasteiger partial charge on any atom is -0.392 e. The van der Waals surface area contributed by atoms with Gasteiger partial charge in [-0.2, -0.15) is 0 Å². The van der Waals surface area contributed by atoms with E-state index in [1.54, 1.807) is 0 Å². The van der Waals surface area contributed by atoms with Crippen LogP contribution in [0.5, 0.6) is 0 Å². The Hall–Kier alpha value is -0.720. The van der Waals surface area contributed by atoms with Crippen LogP contribution in [0.3, 0.4) is 0 Å². The van der Waals surface area contributed by atoms with Gasteiger partial charge in [0, 0.05) is 12.7 Å². The van der Waals surface area contributed by atoms with Crippen LogP contribution in [0, 0.1) is 0 Å². The van der Waals surface area contributed by atoms with E-state index in [-0.39, 0.29) is 0 Å². The summed E-state index contributed by atoms with van der Waals surface area (Å²) in [5.74, 6) is 0. The van der Waals surface area contributed by atoms with Gasteiger partial charge in [-0.25, -0.2) is 0 Å². The van der Waals surface area contributed by atoms with Gasteiger partial charge in [-0.05, 0) is 26.8 Å². The van der Waals surface area contributed by atoms with Crippen LogP contribution in [0.4, 0.5) is 0 Å². The van der Waals surface area contributed by atoms with E-state index in [1.165, 1.54) is 11.3 Å². The first-order valence-electron chi connectivity index (χ1n) is 4.19. The van der Waals surface area contributed by atoms with Crippen LogP contribution in [0.25, 0.3) is 0 Å². The van der Waals surface area contributed by atoms with E-state index in [4.69, 9.17) is 0 Å². The Balaban J connectivity index is 0. The van der Waals surface area contributed by atoms with Gasteiger partial charge in [0.25, 0.3) is 0 Å². The average Bonchev–Trinajstić information content (AvgIpc) is 2.07. The molecule has 0 rings (SSSR count). The van der Waals surface area contributed by atoms with Gasteiger partial charge in [-0.15, -0.1) is 0 Å². The van der Waals surface area contributed by atoms with Crippen molar-refractivity contribution in [3.05, 3.63) is 23.4 Å². The Morgan fingerprint density at radius 1 is 1.18 bits per heavy atom. The van der Waals surface area contributed by atoms with E-state index in [2.05, 4.69) is 24.4 Å². The Kier molecular flexibility index (Phi) is 10.9. The second kappa shape index (κ2) is 9.28. The van der Waals surface area contributed by atoms with Crippen molar-refractivity contribution in [3.8, 4) is 0 Å². The largest absolute Gasteiger partial charge is 0.392 e. The van der Waals surface area contributed by atoms with Crippen LogP contribution >= 0.6 is 0 Å². The standard InChI is InChI=1S/C8H15N.C2H6/c1-5-7(2)6-8(3)9-4;1-2/h5-6,9H,1-4H3;1-2H3/b7-5-,8-6-;. The molecule has 0 aliphatic rings. The quantitative estimate of drug-likeness (QED) is 0.604. The van der Waals surface area contributed by atoms with Crippen molar-refractivity contribution in [2.75, 3.05) is 7.05 Å². The van der Waals surface area contributed by atoms with Crippen LogP contribution in [0.2, 0.25) is 0 Å². The summed E-state index contributed by atoms with van der Waals surface area (Å²) in [6.07, 6.45) is 4.20. The molecule has 1 N–H and O–H groups in total. The number of hydrogen-bond donors (Lipinski definition) is 1. The fourth-order valence-electron chi connectivity index (χ4n) is 0.497. The van der Waals surface area contributed by atoms with Gasteiger partial charge in [0.1, 0.15) is 0 Å². The Morgan fingerprint density at radius 2 is 1.64 bits per heavy atom. The van der Waals surface area contributed by atoms with Gasteiger partial charge >= 0.3 is 0 Å². The molecule has 0 aromatic heterocycles. The van der Waals surface area contributed by atoms with E-state index < -0.39 is 0 Å². The molecule has 0 heterocycles. The highest BCUT2D eigenvalue weighted by Crippen LogP contribution is 1.96. The topological polar surface area (TPSA) is 12.0 Å². The highest BCUT2D eigenvalue weighted by Gasteiger charge is 1.81. The van der Waals surface area contributed by atoms with Gasteiger partial charge in [-0.3, -0.25) is 0 Å². The van der Waals surface area contributed by atoms with E-state index in [0.717, 1.165) is 0 Å². The van der Waals surface area contributed by atoms with Crippen LogP contribution in [-0.2, 0) is 0 Å². The molecule has 0 aliphatic carbocycles. The van der Waals surface area contributed by atoms with E-state index >= 15 is 0 Å². The molecule has 66 valence electrons. The molecule has 1 heteroatoms. The molecule has 0 radical (unpaired) electrons. The summed E-state index contributed by atoms with van der Waals surface area (Å²) in [7, 11) is 1.93. The zero-order valence-electron chi connectivity index (χ0n) is 8.65. The fourth-order valence-corrected chi connectivity index (χ4v) is 0.497. The molecule has 0 aromatic carbocycles. The lowest BCUT2D eigenvalue weighted by molar-refractivity contribution is 0.986. The first-order valence-corrected chi connectivity index (χ1v) is 4.19. The number of hydrogen-bond acceptors (Lipinski definition) is 1. The molecule has 0 aromatic rings. The van der Waals surface area contributed by atoms with E-state index in [9.17, 15) is 0 Å². The van der Waals surface area contributed by atoms with Crippen LogP contribution < -0.4 is 5.32 Å². The summed E-state index contributed by atoms with van der Waals surface area (Å²) >= 11 is 0. The molecule has 0 unspecified atom stereocenters. The minimum atomic E-state index is 1.20. The van der Waals surface area contributed by atoms with Crippen molar-refractivity contribution < 1.29 is 0 Å². The SMILES string of the molecule is C/C=C(C)\C=C(\C)NC.CC. The normalized spacial score (nSPS) is 11.8. The molecule has 1 nitrogen and oxygen atoms in total. The third kappa shape index (κ3) is 9.28. The zero-order valence-corrected chi connectivity index (χ0v) is 8.65. The highest BCUT2D eigenvalue weighted by atomic mass is 14.8. The second-order valence-electron chi connectivity index (χ2n) is 2.11. The molecule has 0 saturated heterocycles. The summed E-state index contributed by atoms with van der Waals surface area (Å²) in [5, 5.41) is 3.05. The molecule has 0 amide bonds. The van der Waals surface area contributed by atoms with Gasteiger partial charge in [-0.1, -0.05) is 25.5 Å². The van der Waals surface area contributed by atoms with Gasteiger partial charge in [0.05, 0.1) is 0 Å². The molecular weight excluding hydrogens is 134 g/mol. The van der Waals surface area contributed by atoms with Crippen molar-refractivity contribution in [1.82, 2.24) is 5.32 Å².